The number of fused-ring (bicyclic) bond motifs is 1. The Labute approximate surface area is 190 Å². The number of carbonyl (C=O) groups excluding carboxylic acids is 1. The standard InChI is InChI=1S/C25H26FN5O2/c1-4-30-24-23(17(3)29-31(24)19-11-9-16(2)10-12-19)28-21(25(30)33)13-14-22(32)27-15-18-7-5-6-8-20(18)26/h5-12H,4,13-15H2,1-3H3,(H,27,32). The van der Waals surface area contributed by atoms with Gasteiger partial charge in [0.05, 0.1) is 11.4 Å². The monoisotopic (exact) mass is 447 g/mol. The molecule has 0 aliphatic carbocycles. The summed E-state index contributed by atoms with van der Waals surface area (Å²) in [5.74, 6) is -0.633. The molecule has 0 saturated carbocycles. The van der Waals surface area contributed by atoms with Gasteiger partial charge >= 0.3 is 0 Å². The molecule has 4 rings (SSSR count). The van der Waals surface area contributed by atoms with Crippen LogP contribution in [0.5, 0.6) is 0 Å². The highest BCUT2D eigenvalue weighted by Crippen LogP contribution is 2.20. The minimum Gasteiger partial charge on any atom is -0.352 e. The van der Waals surface area contributed by atoms with E-state index in [0.29, 0.717) is 34.7 Å². The topological polar surface area (TPSA) is 81.8 Å². The molecule has 7 nitrogen and oxygen atoms in total. The Kier molecular flexibility index (Phi) is 6.35. The zero-order chi connectivity index (χ0) is 23.5. The summed E-state index contributed by atoms with van der Waals surface area (Å²) in [5.41, 5.74) is 4.46. The highest BCUT2D eigenvalue weighted by molar-refractivity contribution is 5.77. The van der Waals surface area contributed by atoms with Gasteiger partial charge in [-0.3, -0.25) is 14.2 Å². The number of hydrogen-bond donors (Lipinski definition) is 1. The minimum absolute atomic E-state index is 0.0804. The third-order valence-corrected chi connectivity index (χ3v) is 5.62. The Morgan fingerprint density at radius 2 is 1.82 bits per heavy atom. The third-order valence-electron chi connectivity index (χ3n) is 5.62. The van der Waals surface area contributed by atoms with E-state index in [1.165, 1.54) is 6.07 Å². The second kappa shape index (κ2) is 9.36. The lowest BCUT2D eigenvalue weighted by molar-refractivity contribution is -0.121. The number of carbonyl (C=O) groups is 1. The van der Waals surface area contributed by atoms with Gasteiger partial charge in [-0.15, -0.1) is 0 Å². The van der Waals surface area contributed by atoms with Gasteiger partial charge in [0.15, 0.2) is 5.65 Å². The van der Waals surface area contributed by atoms with E-state index >= 15 is 0 Å². The van der Waals surface area contributed by atoms with Crippen LogP contribution < -0.4 is 10.9 Å². The van der Waals surface area contributed by atoms with Crippen molar-refractivity contribution in [3.05, 3.63) is 87.2 Å². The molecule has 0 fully saturated rings. The maximum absolute atomic E-state index is 13.7. The number of nitrogens with zero attached hydrogens (tertiary/aromatic N) is 4. The van der Waals surface area contributed by atoms with E-state index in [2.05, 4.69) is 15.4 Å². The Morgan fingerprint density at radius 1 is 1.09 bits per heavy atom. The molecule has 0 atom stereocenters. The van der Waals surface area contributed by atoms with Crippen LogP contribution >= 0.6 is 0 Å². The molecular formula is C25H26FN5O2. The van der Waals surface area contributed by atoms with Gasteiger partial charge < -0.3 is 5.32 Å². The molecule has 0 bridgehead atoms. The summed E-state index contributed by atoms with van der Waals surface area (Å²) >= 11 is 0. The molecule has 2 aromatic carbocycles. The lowest BCUT2D eigenvalue weighted by Crippen LogP contribution is -2.28. The Hall–Kier alpha value is -3.81. The zero-order valence-corrected chi connectivity index (χ0v) is 18.9. The summed E-state index contributed by atoms with van der Waals surface area (Å²) < 4.78 is 17.1. The van der Waals surface area contributed by atoms with Crippen LogP contribution in [-0.4, -0.2) is 25.2 Å². The van der Waals surface area contributed by atoms with Crippen molar-refractivity contribution in [2.75, 3.05) is 0 Å². The molecule has 0 saturated heterocycles. The summed E-state index contributed by atoms with van der Waals surface area (Å²) in [5, 5.41) is 7.33. The highest BCUT2D eigenvalue weighted by Gasteiger charge is 2.19. The summed E-state index contributed by atoms with van der Waals surface area (Å²) in [6.07, 6.45) is 0.268. The molecule has 1 N–H and O–H groups in total. The number of nitrogens with one attached hydrogen (secondary N) is 1. The minimum atomic E-state index is -0.364. The smallest absolute Gasteiger partial charge is 0.273 e. The molecule has 1 amide bonds. The van der Waals surface area contributed by atoms with Crippen LogP contribution in [0.4, 0.5) is 4.39 Å². The normalized spacial score (nSPS) is 11.2. The number of halogens is 1. The van der Waals surface area contributed by atoms with Crippen molar-refractivity contribution >= 4 is 17.1 Å². The van der Waals surface area contributed by atoms with Crippen LogP contribution in [0.2, 0.25) is 0 Å². The fraction of sp³-hybridized carbons (Fsp3) is 0.280. The third kappa shape index (κ3) is 4.55. The number of benzene rings is 2. The molecule has 2 heterocycles. The van der Waals surface area contributed by atoms with Crippen molar-refractivity contribution in [3.8, 4) is 5.69 Å². The average Bonchev–Trinajstić information content (AvgIpc) is 3.13. The predicted octanol–water partition coefficient (Wildman–Crippen LogP) is 3.61. The number of aryl methyl sites for hydroxylation is 4. The van der Waals surface area contributed by atoms with Crippen LogP contribution in [0.3, 0.4) is 0 Å². The predicted molar refractivity (Wildman–Crippen MR) is 125 cm³/mol. The molecule has 0 radical (unpaired) electrons. The fourth-order valence-corrected chi connectivity index (χ4v) is 3.79. The molecule has 33 heavy (non-hydrogen) atoms. The van der Waals surface area contributed by atoms with E-state index in [-0.39, 0.29) is 36.7 Å². The van der Waals surface area contributed by atoms with Gasteiger partial charge in [0, 0.05) is 31.5 Å². The average molecular weight is 448 g/mol. The molecule has 0 unspecified atom stereocenters. The first-order chi connectivity index (χ1) is 15.9. The lowest BCUT2D eigenvalue weighted by atomic mass is 10.2. The number of hydrogen-bond acceptors (Lipinski definition) is 4. The highest BCUT2D eigenvalue weighted by atomic mass is 19.1. The van der Waals surface area contributed by atoms with E-state index in [1.54, 1.807) is 27.4 Å². The second-order valence-electron chi connectivity index (χ2n) is 7.98. The molecule has 2 aromatic heterocycles. The van der Waals surface area contributed by atoms with E-state index in [1.807, 2.05) is 45.0 Å². The lowest BCUT2D eigenvalue weighted by Gasteiger charge is -2.11. The van der Waals surface area contributed by atoms with Crippen molar-refractivity contribution < 1.29 is 9.18 Å². The second-order valence-corrected chi connectivity index (χ2v) is 7.98. The van der Waals surface area contributed by atoms with Gasteiger partial charge in [0.25, 0.3) is 5.56 Å². The summed E-state index contributed by atoms with van der Waals surface area (Å²) in [6, 6.07) is 14.2. The van der Waals surface area contributed by atoms with E-state index in [9.17, 15) is 14.0 Å². The molecular weight excluding hydrogens is 421 g/mol. The molecule has 8 heteroatoms. The first-order valence-corrected chi connectivity index (χ1v) is 10.9. The molecule has 4 aromatic rings. The first-order valence-electron chi connectivity index (χ1n) is 10.9. The molecule has 0 spiro atoms. The van der Waals surface area contributed by atoms with Crippen molar-refractivity contribution in [2.24, 2.45) is 0 Å². The van der Waals surface area contributed by atoms with Crippen molar-refractivity contribution in [1.82, 2.24) is 24.6 Å². The van der Waals surface area contributed by atoms with Crippen molar-refractivity contribution in [3.63, 3.8) is 0 Å². The van der Waals surface area contributed by atoms with E-state index in [4.69, 9.17) is 0 Å². The first kappa shape index (κ1) is 22.4. The van der Waals surface area contributed by atoms with Gasteiger partial charge in [-0.05, 0) is 39.0 Å². The molecule has 170 valence electrons. The van der Waals surface area contributed by atoms with Crippen LogP contribution in [0.25, 0.3) is 16.9 Å². The van der Waals surface area contributed by atoms with Crippen LogP contribution in [-0.2, 0) is 24.3 Å². The fourth-order valence-electron chi connectivity index (χ4n) is 3.79. The zero-order valence-electron chi connectivity index (χ0n) is 18.9. The summed E-state index contributed by atoms with van der Waals surface area (Å²) in [7, 11) is 0. The SMILES string of the molecule is CCn1c(=O)c(CCC(=O)NCc2ccccc2F)nc2c(C)nn(-c3ccc(C)cc3)c21. The molecule has 0 aliphatic rings. The van der Waals surface area contributed by atoms with Gasteiger partial charge in [-0.25, -0.2) is 14.1 Å². The largest absolute Gasteiger partial charge is 0.352 e. The van der Waals surface area contributed by atoms with Crippen LogP contribution in [0, 0.1) is 19.7 Å². The van der Waals surface area contributed by atoms with Crippen molar-refractivity contribution in [1.29, 1.82) is 0 Å². The van der Waals surface area contributed by atoms with E-state index in [0.717, 1.165) is 11.3 Å². The maximum Gasteiger partial charge on any atom is 0.273 e. The number of amides is 1. The van der Waals surface area contributed by atoms with E-state index < -0.39 is 0 Å². The van der Waals surface area contributed by atoms with Crippen LogP contribution in [0.15, 0.2) is 53.3 Å². The van der Waals surface area contributed by atoms with Gasteiger partial charge in [-0.2, -0.15) is 5.10 Å². The number of aromatic nitrogens is 4. The summed E-state index contributed by atoms with van der Waals surface area (Å²) in [4.78, 5) is 30.1. The Balaban J connectivity index is 1.59. The van der Waals surface area contributed by atoms with Gasteiger partial charge in [0.1, 0.15) is 17.0 Å². The summed E-state index contributed by atoms with van der Waals surface area (Å²) in [6.45, 7) is 6.31. The Bertz CT molecular complexity index is 1370. The quantitative estimate of drug-likeness (QED) is 0.469. The number of rotatable bonds is 7. The van der Waals surface area contributed by atoms with Crippen LogP contribution in [0.1, 0.15) is 35.9 Å². The Morgan fingerprint density at radius 3 is 2.52 bits per heavy atom. The maximum atomic E-state index is 13.7. The van der Waals surface area contributed by atoms with Crippen molar-refractivity contribution in [2.45, 2.75) is 46.7 Å². The van der Waals surface area contributed by atoms with Gasteiger partial charge in [-0.1, -0.05) is 35.9 Å². The molecule has 0 aliphatic heterocycles. The van der Waals surface area contributed by atoms with Gasteiger partial charge in [0.2, 0.25) is 5.91 Å².